The van der Waals surface area contributed by atoms with E-state index in [1.54, 1.807) is 11.3 Å². The van der Waals surface area contributed by atoms with E-state index in [9.17, 15) is 0 Å². The molecule has 0 bridgehead atoms. The molecule has 22 heavy (non-hydrogen) atoms. The molecule has 1 saturated heterocycles. The van der Waals surface area contributed by atoms with Gasteiger partial charge in [0.2, 0.25) is 0 Å². The molecule has 1 fully saturated rings. The summed E-state index contributed by atoms with van der Waals surface area (Å²) in [6.45, 7) is 6.38. The molecule has 124 valence electrons. The highest BCUT2D eigenvalue weighted by molar-refractivity contribution is 7.11. The van der Waals surface area contributed by atoms with E-state index in [4.69, 9.17) is 0 Å². The molecule has 1 aliphatic heterocycles. The number of aromatic nitrogens is 1. The molecule has 5 nitrogen and oxygen atoms in total. The lowest BCUT2D eigenvalue weighted by Gasteiger charge is -2.29. The van der Waals surface area contributed by atoms with Crippen molar-refractivity contribution in [3.05, 3.63) is 16.1 Å². The maximum absolute atomic E-state index is 4.42. The Labute approximate surface area is 138 Å². The van der Waals surface area contributed by atoms with Crippen LogP contribution in [0.3, 0.4) is 0 Å². The van der Waals surface area contributed by atoms with Crippen molar-refractivity contribution >= 4 is 17.3 Å². The Hall–Kier alpha value is -1.14. The summed E-state index contributed by atoms with van der Waals surface area (Å²) in [5, 5.41) is 7.89. The van der Waals surface area contributed by atoms with E-state index in [0.29, 0.717) is 0 Å². The average Bonchev–Trinajstić information content (AvgIpc) is 3.00. The third-order valence-corrected chi connectivity index (χ3v) is 5.41. The molecular formula is C16H29N5S. The van der Waals surface area contributed by atoms with Gasteiger partial charge >= 0.3 is 0 Å². The van der Waals surface area contributed by atoms with Gasteiger partial charge in [-0.3, -0.25) is 4.99 Å². The van der Waals surface area contributed by atoms with Crippen molar-refractivity contribution in [3.63, 3.8) is 0 Å². The average molecular weight is 324 g/mol. The first-order chi connectivity index (χ1) is 10.7. The molecule has 0 amide bonds. The van der Waals surface area contributed by atoms with Gasteiger partial charge in [0.15, 0.2) is 5.96 Å². The lowest BCUT2D eigenvalue weighted by molar-refractivity contribution is 0.213. The highest BCUT2D eigenvalue weighted by atomic mass is 32.1. The van der Waals surface area contributed by atoms with Crippen LogP contribution >= 0.6 is 11.3 Å². The number of aliphatic imine (C=N–C) groups is 1. The fourth-order valence-corrected chi connectivity index (χ4v) is 3.52. The van der Waals surface area contributed by atoms with Gasteiger partial charge in [0.05, 0.1) is 6.54 Å². The van der Waals surface area contributed by atoms with Crippen LogP contribution in [0.1, 0.15) is 36.1 Å². The Morgan fingerprint density at radius 3 is 2.82 bits per heavy atom. The van der Waals surface area contributed by atoms with Gasteiger partial charge in [0, 0.05) is 24.7 Å². The summed E-state index contributed by atoms with van der Waals surface area (Å²) < 4.78 is 0. The topological polar surface area (TPSA) is 52.6 Å². The Morgan fingerprint density at radius 1 is 1.41 bits per heavy atom. The second-order valence-electron chi connectivity index (χ2n) is 5.96. The number of hydrogen-bond acceptors (Lipinski definition) is 4. The summed E-state index contributed by atoms with van der Waals surface area (Å²) in [7, 11) is 4.03. The summed E-state index contributed by atoms with van der Waals surface area (Å²) in [6.07, 6.45) is 6.90. The second-order valence-corrected chi connectivity index (χ2v) is 7.16. The van der Waals surface area contributed by atoms with Crippen LogP contribution in [-0.4, -0.2) is 49.6 Å². The Bertz CT molecular complexity index is 463. The van der Waals surface area contributed by atoms with Crippen LogP contribution in [-0.2, 0) is 13.0 Å². The summed E-state index contributed by atoms with van der Waals surface area (Å²) in [6, 6.07) is 0. The van der Waals surface area contributed by atoms with Gasteiger partial charge in [0.25, 0.3) is 0 Å². The van der Waals surface area contributed by atoms with E-state index in [2.05, 4.69) is 39.5 Å². The van der Waals surface area contributed by atoms with Gasteiger partial charge < -0.3 is 15.5 Å². The zero-order chi connectivity index (χ0) is 15.8. The quantitative estimate of drug-likeness (QED) is 0.622. The summed E-state index contributed by atoms with van der Waals surface area (Å²) in [5.41, 5.74) is 0. The Balaban J connectivity index is 1.64. The predicted molar refractivity (Wildman–Crippen MR) is 94.5 cm³/mol. The number of rotatable bonds is 6. The van der Waals surface area contributed by atoms with Crippen LogP contribution in [0.25, 0.3) is 0 Å². The number of nitrogens with zero attached hydrogens (tertiary/aromatic N) is 3. The third-order valence-electron chi connectivity index (χ3n) is 4.26. The molecule has 1 aromatic heterocycles. The van der Waals surface area contributed by atoms with Gasteiger partial charge in [-0.15, -0.1) is 11.3 Å². The Kier molecular flexibility index (Phi) is 7.12. The highest BCUT2D eigenvalue weighted by Gasteiger charge is 2.16. The van der Waals surface area contributed by atoms with Crippen molar-refractivity contribution in [2.24, 2.45) is 10.9 Å². The van der Waals surface area contributed by atoms with Crippen LogP contribution in [0, 0.1) is 5.92 Å². The number of thiazole rings is 1. The van der Waals surface area contributed by atoms with Crippen LogP contribution in [0.5, 0.6) is 0 Å². The van der Waals surface area contributed by atoms with E-state index in [0.717, 1.165) is 36.4 Å². The molecule has 0 radical (unpaired) electrons. The van der Waals surface area contributed by atoms with Gasteiger partial charge in [-0.2, -0.15) is 0 Å². The fraction of sp³-hybridized carbons (Fsp3) is 0.750. The molecule has 0 aromatic carbocycles. The maximum atomic E-state index is 4.42. The number of likely N-dealkylation sites (tertiary alicyclic amines) is 1. The number of guanidine groups is 1. The molecule has 1 aromatic rings. The molecule has 6 heteroatoms. The van der Waals surface area contributed by atoms with Crippen molar-refractivity contribution in [2.75, 3.05) is 33.7 Å². The van der Waals surface area contributed by atoms with Crippen LogP contribution in [0.4, 0.5) is 0 Å². The predicted octanol–water partition coefficient (Wildman–Crippen LogP) is 2.10. The Morgan fingerprint density at radius 2 is 2.18 bits per heavy atom. The molecule has 0 aliphatic carbocycles. The van der Waals surface area contributed by atoms with Gasteiger partial charge in [0.1, 0.15) is 5.01 Å². The van der Waals surface area contributed by atoms with E-state index in [1.807, 2.05) is 13.2 Å². The van der Waals surface area contributed by atoms with Gasteiger partial charge in [-0.25, -0.2) is 4.98 Å². The monoisotopic (exact) mass is 323 g/mol. The molecule has 0 saturated carbocycles. The third kappa shape index (κ3) is 5.57. The molecule has 2 heterocycles. The molecule has 0 atom stereocenters. The fourth-order valence-electron chi connectivity index (χ4n) is 2.72. The second kappa shape index (κ2) is 9.10. The first-order valence-electron chi connectivity index (χ1n) is 8.28. The molecule has 0 unspecified atom stereocenters. The number of piperidine rings is 1. The van der Waals surface area contributed by atoms with E-state index in [-0.39, 0.29) is 0 Å². The normalized spacial score (nSPS) is 17.7. The van der Waals surface area contributed by atoms with Crippen molar-refractivity contribution in [1.82, 2.24) is 20.5 Å². The number of aryl methyl sites for hydroxylation is 1. The first kappa shape index (κ1) is 17.2. The van der Waals surface area contributed by atoms with E-state index < -0.39 is 0 Å². The van der Waals surface area contributed by atoms with Crippen LogP contribution < -0.4 is 10.6 Å². The summed E-state index contributed by atoms with van der Waals surface area (Å²) in [4.78, 5) is 12.5. The zero-order valence-corrected chi connectivity index (χ0v) is 14.9. The molecule has 1 aliphatic rings. The number of nitrogens with one attached hydrogen (secondary N) is 2. The standard InChI is InChI=1S/C16H29N5S/c1-4-14-11-19-15(22-14)12-20-16(17-2)18-8-5-13-6-9-21(3)10-7-13/h11,13H,4-10,12H2,1-3H3,(H2,17,18,20). The molecular weight excluding hydrogens is 294 g/mol. The lowest BCUT2D eigenvalue weighted by atomic mass is 9.94. The minimum absolute atomic E-state index is 0.749. The molecule has 2 N–H and O–H groups in total. The lowest BCUT2D eigenvalue weighted by Crippen LogP contribution is -2.38. The van der Waals surface area contributed by atoms with Crippen molar-refractivity contribution < 1.29 is 0 Å². The van der Waals surface area contributed by atoms with E-state index in [1.165, 1.54) is 37.2 Å². The van der Waals surface area contributed by atoms with Gasteiger partial charge in [-0.05, 0) is 51.7 Å². The minimum atomic E-state index is 0.749. The summed E-state index contributed by atoms with van der Waals surface area (Å²) in [5.74, 6) is 1.73. The molecule has 0 spiro atoms. The van der Waals surface area contributed by atoms with E-state index >= 15 is 0 Å². The zero-order valence-electron chi connectivity index (χ0n) is 14.1. The van der Waals surface area contributed by atoms with Crippen LogP contribution in [0.2, 0.25) is 0 Å². The minimum Gasteiger partial charge on any atom is -0.356 e. The van der Waals surface area contributed by atoms with Crippen molar-refractivity contribution in [2.45, 2.75) is 39.2 Å². The largest absolute Gasteiger partial charge is 0.356 e. The van der Waals surface area contributed by atoms with Gasteiger partial charge in [-0.1, -0.05) is 6.92 Å². The SMILES string of the molecule is CCc1cnc(CNC(=NC)NCCC2CCN(C)CC2)s1. The van der Waals surface area contributed by atoms with Crippen molar-refractivity contribution in [3.8, 4) is 0 Å². The van der Waals surface area contributed by atoms with Crippen LogP contribution in [0.15, 0.2) is 11.2 Å². The first-order valence-corrected chi connectivity index (χ1v) is 9.09. The smallest absolute Gasteiger partial charge is 0.191 e. The van der Waals surface area contributed by atoms with Crippen molar-refractivity contribution in [1.29, 1.82) is 0 Å². The summed E-state index contributed by atoms with van der Waals surface area (Å²) >= 11 is 1.77. The highest BCUT2D eigenvalue weighted by Crippen LogP contribution is 2.18. The maximum Gasteiger partial charge on any atom is 0.191 e. The number of hydrogen-bond donors (Lipinski definition) is 2. The molecule has 2 rings (SSSR count).